The zero-order valence-corrected chi connectivity index (χ0v) is 9.65. The van der Waals surface area contributed by atoms with Crippen molar-refractivity contribution in [2.75, 3.05) is 20.1 Å². The van der Waals surface area contributed by atoms with E-state index >= 15 is 0 Å². The Labute approximate surface area is 96.2 Å². The lowest BCUT2D eigenvalue weighted by molar-refractivity contribution is 0.00754. The number of fused-ring (bicyclic) bond motifs is 1. The Bertz CT molecular complexity index is 397. The van der Waals surface area contributed by atoms with Crippen LogP contribution in [0.3, 0.4) is 0 Å². The van der Waals surface area contributed by atoms with Crippen molar-refractivity contribution < 1.29 is 4.74 Å². The van der Waals surface area contributed by atoms with Crippen LogP contribution in [0.5, 0.6) is 5.75 Å². The van der Waals surface area contributed by atoms with Crippen LogP contribution < -0.4 is 10.5 Å². The highest BCUT2D eigenvalue weighted by molar-refractivity contribution is 5.42. The van der Waals surface area contributed by atoms with Crippen LogP contribution >= 0.6 is 0 Å². The first-order valence-electron chi connectivity index (χ1n) is 5.93. The number of nitrogens with two attached hydrogens (primary N) is 1. The first-order chi connectivity index (χ1) is 7.71. The van der Waals surface area contributed by atoms with Crippen LogP contribution in [0.15, 0.2) is 24.3 Å². The lowest BCUT2D eigenvalue weighted by atomic mass is 9.83. The molecule has 3 rings (SSSR count). The quantitative estimate of drug-likeness (QED) is 0.718. The zero-order valence-electron chi connectivity index (χ0n) is 9.65. The summed E-state index contributed by atoms with van der Waals surface area (Å²) in [4.78, 5) is 2.34. The van der Waals surface area contributed by atoms with Gasteiger partial charge in [0.15, 0.2) is 0 Å². The number of piperidine rings is 1. The first-order valence-corrected chi connectivity index (χ1v) is 5.93. The van der Waals surface area contributed by atoms with Gasteiger partial charge in [-0.1, -0.05) is 18.2 Å². The fraction of sp³-hybridized carbons (Fsp3) is 0.538. The smallest absolute Gasteiger partial charge is 0.131 e. The van der Waals surface area contributed by atoms with Crippen LogP contribution in [0, 0.1) is 0 Å². The van der Waals surface area contributed by atoms with Crippen molar-refractivity contribution in [3.63, 3.8) is 0 Å². The molecule has 2 N–H and O–H groups in total. The largest absolute Gasteiger partial charge is 0.485 e. The van der Waals surface area contributed by atoms with E-state index in [1.807, 2.05) is 18.2 Å². The second-order valence-electron chi connectivity index (χ2n) is 4.99. The van der Waals surface area contributed by atoms with Gasteiger partial charge in [0.05, 0.1) is 6.04 Å². The van der Waals surface area contributed by atoms with Gasteiger partial charge in [-0.25, -0.2) is 0 Å². The Hall–Kier alpha value is -1.06. The number of hydrogen-bond donors (Lipinski definition) is 1. The Morgan fingerprint density at radius 3 is 2.69 bits per heavy atom. The molecular formula is C13H18N2O. The third-order valence-corrected chi connectivity index (χ3v) is 3.97. The van der Waals surface area contributed by atoms with Crippen molar-refractivity contribution in [1.82, 2.24) is 4.90 Å². The maximum atomic E-state index is 6.36. The molecule has 2 aliphatic heterocycles. The van der Waals surface area contributed by atoms with Gasteiger partial charge in [0.2, 0.25) is 0 Å². The highest BCUT2D eigenvalue weighted by atomic mass is 16.5. The number of benzene rings is 1. The summed E-state index contributed by atoms with van der Waals surface area (Å²) in [7, 11) is 2.15. The van der Waals surface area contributed by atoms with E-state index in [-0.39, 0.29) is 11.6 Å². The molecule has 2 aliphatic rings. The minimum Gasteiger partial charge on any atom is -0.485 e. The van der Waals surface area contributed by atoms with Gasteiger partial charge in [-0.05, 0) is 13.1 Å². The van der Waals surface area contributed by atoms with E-state index in [2.05, 4.69) is 18.0 Å². The minimum absolute atomic E-state index is 0.0393. The average molecular weight is 218 g/mol. The van der Waals surface area contributed by atoms with E-state index in [0.29, 0.717) is 0 Å². The SMILES string of the molecule is CN1CCC2(CC1)Oc1ccccc1[C@H]2N. The van der Waals surface area contributed by atoms with Crippen LogP contribution in [0.1, 0.15) is 24.4 Å². The Balaban J connectivity index is 1.91. The van der Waals surface area contributed by atoms with E-state index in [1.165, 1.54) is 5.56 Å². The maximum absolute atomic E-state index is 6.36. The van der Waals surface area contributed by atoms with Crippen LogP contribution in [0.25, 0.3) is 0 Å². The molecule has 0 amide bonds. The molecule has 1 aromatic rings. The molecule has 1 atom stereocenters. The summed E-state index contributed by atoms with van der Waals surface area (Å²) in [6.45, 7) is 2.14. The van der Waals surface area contributed by atoms with Gasteiger partial charge in [0.25, 0.3) is 0 Å². The van der Waals surface area contributed by atoms with Crippen LogP contribution in [-0.4, -0.2) is 30.6 Å². The molecule has 3 nitrogen and oxygen atoms in total. The van der Waals surface area contributed by atoms with E-state index in [1.54, 1.807) is 0 Å². The molecule has 3 heteroatoms. The Morgan fingerprint density at radius 1 is 1.31 bits per heavy atom. The summed E-state index contributed by atoms with van der Waals surface area (Å²) < 4.78 is 6.14. The molecule has 0 aromatic heterocycles. The summed E-state index contributed by atoms with van der Waals surface area (Å²) in [5, 5.41) is 0. The summed E-state index contributed by atoms with van der Waals surface area (Å²) in [6.07, 6.45) is 2.05. The molecule has 1 aromatic carbocycles. The maximum Gasteiger partial charge on any atom is 0.131 e. The van der Waals surface area contributed by atoms with Gasteiger partial charge in [-0.15, -0.1) is 0 Å². The predicted molar refractivity (Wildman–Crippen MR) is 63.5 cm³/mol. The molecule has 1 fully saturated rings. The van der Waals surface area contributed by atoms with Gasteiger partial charge >= 0.3 is 0 Å². The van der Waals surface area contributed by atoms with Crippen molar-refractivity contribution in [2.24, 2.45) is 5.73 Å². The highest BCUT2D eigenvalue weighted by Gasteiger charge is 2.47. The van der Waals surface area contributed by atoms with Gasteiger partial charge in [0, 0.05) is 31.5 Å². The van der Waals surface area contributed by atoms with E-state index < -0.39 is 0 Å². The summed E-state index contributed by atoms with van der Waals surface area (Å²) in [5.74, 6) is 0.986. The normalized spacial score (nSPS) is 27.8. The summed E-state index contributed by atoms with van der Waals surface area (Å²) >= 11 is 0. The van der Waals surface area contributed by atoms with Gasteiger partial charge in [0.1, 0.15) is 11.4 Å². The second-order valence-corrected chi connectivity index (χ2v) is 4.99. The molecule has 2 heterocycles. The van der Waals surface area contributed by atoms with Crippen molar-refractivity contribution in [3.8, 4) is 5.75 Å². The fourth-order valence-corrected chi connectivity index (χ4v) is 2.81. The monoisotopic (exact) mass is 218 g/mol. The molecule has 0 bridgehead atoms. The van der Waals surface area contributed by atoms with Crippen LogP contribution in [0.2, 0.25) is 0 Å². The molecule has 0 radical (unpaired) electrons. The number of rotatable bonds is 0. The molecule has 16 heavy (non-hydrogen) atoms. The number of likely N-dealkylation sites (tertiary alicyclic amines) is 1. The lowest BCUT2D eigenvalue weighted by Gasteiger charge is -2.39. The van der Waals surface area contributed by atoms with Crippen LogP contribution in [-0.2, 0) is 0 Å². The molecular weight excluding hydrogens is 200 g/mol. The molecule has 0 saturated carbocycles. The highest BCUT2D eigenvalue weighted by Crippen LogP contribution is 2.46. The Kier molecular flexibility index (Phi) is 2.19. The van der Waals surface area contributed by atoms with Gasteiger partial charge in [-0.3, -0.25) is 0 Å². The minimum atomic E-state index is -0.143. The summed E-state index contributed by atoms with van der Waals surface area (Å²) in [5.41, 5.74) is 7.39. The fourth-order valence-electron chi connectivity index (χ4n) is 2.81. The zero-order chi connectivity index (χ0) is 11.2. The van der Waals surface area contributed by atoms with Crippen molar-refractivity contribution >= 4 is 0 Å². The molecule has 0 aliphatic carbocycles. The lowest BCUT2D eigenvalue weighted by Crippen LogP contribution is -2.50. The third-order valence-electron chi connectivity index (χ3n) is 3.97. The van der Waals surface area contributed by atoms with E-state index in [9.17, 15) is 0 Å². The van der Waals surface area contributed by atoms with Crippen molar-refractivity contribution in [3.05, 3.63) is 29.8 Å². The van der Waals surface area contributed by atoms with Crippen molar-refractivity contribution in [1.29, 1.82) is 0 Å². The molecule has 0 unspecified atom stereocenters. The molecule has 1 spiro atoms. The van der Waals surface area contributed by atoms with Crippen LogP contribution in [0.4, 0.5) is 0 Å². The third kappa shape index (κ3) is 1.35. The standard InChI is InChI=1S/C13H18N2O/c1-15-8-6-13(7-9-15)12(14)10-4-2-3-5-11(10)16-13/h2-5,12H,6-9,14H2,1H3/t12-/m1/s1. The average Bonchev–Trinajstić information content (AvgIpc) is 2.58. The van der Waals surface area contributed by atoms with Gasteiger partial charge in [-0.2, -0.15) is 0 Å². The number of para-hydroxylation sites is 1. The molecule has 86 valence electrons. The summed E-state index contributed by atoms with van der Waals surface area (Å²) in [6, 6.07) is 8.21. The molecule has 1 saturated heterocycles. The Morgan fingerprint density at radius 2 is 2.00 bits per heavy atom. The number of nitrogens with zero attached hydrogens (tertiary/aromatic N) is 1. The number of hydrogen-bond acceptors (Lipinski definition) is 3. The van der Waals surface area contributed by atoms with E-state index in [0.717, 1.165) is 31.7 Å². The first kappa shape index (κ1) is 10.1. The topological polar surface area (TPSA) is 38.5 Å². The predicted octanol–water partition coefficient (Wildman–Crippen LogP) is 1.54. The van der Waals surface area contributed by atoms with Crippen molar-refractivity contribution in [2.45, 2.75) is 24.5 Å². The second kappa shape index (κ2) is 3.47. The van der Waals surface area contributed by atoms with E-state index in [4.69, 9.17) is 10.5 Å². The van der Waals surface area contributed by atoms with Gasteiger partial charge < -0.3 is 15.4 Å². The number of ether oxygens (including phenoxy) is 1.